The smallest absolute Gasteiger partial charge is 0.287 e. The molecular formula is H3O7PS. The van der Waals surface area contributed by atoms with Gasteiger partial charge in [0, 0.05) is 0 Å². The third-order valence-corrected chi connectivity index (χ3v) is 0. The maximum absolute atomic E-state index is 8.74. The molecule has 0 aromatic heterocycles. The Morgan fingerprint density at radius 2 is 1.11 bits per heavy atom. The molecule has 0 bridgehead atoms. The van der Waals surface area contributed by atoms with Crippen molar-refractivity contribution in [2.45, 2.75) is 0 Å². The summed E-state index contributed by atoms with van der Waals surface area (Å²) in [6, 6.07) is 0. The highest BCUT2D eigenvalue weighted by atomic mass is 32.3. The molecule has 0 spiro atoms. The number of hydrogen-bond donors (Lipinski definition) is 3. The van der Waals surface area contributed by atoms with Crippen LogP contribution >= 0.6 is 7.91 Å². The monoisotopic (exact) mass is 178 g/mol. The van der Waals surface area contributed by atoms with Gasteiger partial charge in [-0.1, -0.05) is 0 Å². The molecule has 0 aromatic rings. The predicted molar refractivity (Wildman–Crippen MR) is 24.7 cm³/mol. The molecule has 56 valence electrons. The fourth-order valence-electron chi connectivity index (χ4n) is 0. The molecule has 0 aromatic carbocycles. The Morgan fingerprint density at radius 3 is 1.11 bits per heavy atom. The number of rotatable bonds is 0. The molecule has 0 saturated carbocycles. The first kappa shape index (κ1) is 11.5. The van der Waals surface area contributed by atoms with Crippen LogP contribution in [0.5, 0.6) is 0 Å². The second kappa shape index (κ2) is 4.59. The largest absolute Gasteiger partial charge is 0.465 e. The van der Waals surface area contributed by atoms with Crippen LogP contribution in [0.3, 0.4) is 0 Å². The van der Waals surface area contributed by atoms with Crippen LogP contribution in [0.15, 0.2) is 0 Å². The molecule has 0 saturated heterocycles. The van der Waals surface area contributed by atoms with E-state index in [4.69, 9.17) is 31.5 Å². The maximum atomic E-state index is 8.74. The van der Waals surface area contributed by atoms with Crippen LogP contribution in [0.1, 0.15) is 0 Å². The highest BCUT2D eigenvalue weighted by molar-refractivity contribution is 7.79. The Labute approximate surface area is 50.8 Å². The van der Waals surface area contributed by atoms with Gasteiger partial charge in [-0.15, -0.1) is 0 Å². The standard InChI is InChI=1S/H2O4S.HO3P/c1-5(2,3)4;1-4(2)3/h(H2,1,2,3,4);(H,1,2,3). The van der Waals surface area contributed by atoms with Crippen molar-refractivity contribution in [2.75, 3.05) is 0 Å². The third-order valence-electron chi connectivity index (χ3n) is 0. The predicted octanol–water partition coefficient (Wildman–Crippen LogP) is -0.586. The Bertz CT molecular complexity index is 189. The minimum Gasteiger partial charge on any atom is -0.287 e. The summed E-state index contributed by atoms with van der Waals surface area (Å²) in [7, 11) is -7.79. The first-order chi connectivity index (χ1) is 3.73. The van der Waals surface area contributed by atoms with Crippen LogP contribution in [0.4, 0.5) is 0 Å². The fraction of sp³-hybridized carbons (Fsp3) is 0. The van der Waals surface area contributed by atoms with Crippen molar-refractivity contribution in [3.8, 4) is 0 Å². The van der Waals surface area contributed by atoms with Crippen molar-refractivity contribution < 1.29 is 31.5 Å². The molecule has 9 heteroatoms. The first-order valence-electron chi connectivity index (χ1n) is 1.26. The summed E-state index contributed by atoms with van der Waals surface area (Å²) >= 11 is 0. The summed E-state index contributed by atoms with van der Waals surface area (Å²) < 4.78 is 48.8. The SMILES string of the molecule is O=P(=O)O.O=S(=O)(O)O. The van der Waals surface area contributed by atoms with Crippen molar-refractivity contribution in [1.29, 1.82) is 0 Å². The van der Waals surface area contributed by atoms with Gasteiger partial charge in [-0.05, 0) is 0 Å². The third kappa shape index (κ3) is 3480. The summed E-state index contributed by atoms with van der Waals surface area (Å²) in [5, 5.41) is 0. The van der Waals surface area contributed by atoms with E-state index in [0.717, 1.165) is 0 Å². The molecule has 0 amide bonds. The van der Waals surface area contributed by atoms with Gasteiger partial charge in [0.25, 0.3) is 0 Å². The molecule has 0 heterocycles. The van der Waals surface area contributed by atoms with Crippen LogP contribution < -0.4 is 0 Å². The van der Waals surface area contributed by atoms with Crippen LogP contribution in [0.25, 0.3) is 0 Å². The van der Waals surface area contributed by atoms with E-state index >= 15 is 0 Å². The fourth-order valence-corrected chi connectivity index (χ4v) is 0. The lowest BCUT2D eigenvalue weighted by Crippen LogP contribution is -1.89. The van der Waals surface area contributed by atoms with E-state index in [-0.39, 0.29) is 0 Å². The van der Waals surface area contributed by atoms with Crippen LogP contribution in [-0.2, 0) is 19.5 Å². The van der Waals surface area contributed by atoms with Gasteiger partial charge in [-0.25, -0.2) is 9.13 Å². The van der Waals surface area contributed by atoms with E-state index in [1.54, 1.807) is 0 Å². The van der Waals surface area contributed by atoms with Crippen LogP contribution in [0, 0.1) is 0 Å². The minimum atomic E-state index is -4.67. The Hall–Kier alpha value is -0.270. The van der Waals surface area contributed by atoms with Gasteiger partial charge in [0.05, 0.1) is 0 Å². The van der Waals surface area contributed by atoms with Gasteiger partial charge in [0.15, 0.2) is 0 Å². The molecule has 0 rings (SSSR count). The zero-order valence-electron chi connectivity index (χ0n) is 3.83. The summed E-state index contributed by atoms with van der Waals surface area (Å²) in [6.07, 6.45) is 0. The summed E-state index contributed by atoms with van der Waals surface area (Å²) in [5.41, 5.74) is 0. The summed E-state index contributed by atoms with van der Waals surface area (Å²) in [6.45, 7) is 0. The van der Waals surface area contributed by atoms with E-state index < -0.39 is 18.3 Å². The molecule has 0 unspecified atom stereocenters. The highest BCUT2D eigenvalue weighted by Crippen LogP contribution is 1.84. The average molecular weight is 178 g/mol. The molecule has 0 aliphatic rings. The highest BCUT2D eigenvalue weighted by Gasteiger charge is 1.84. The molecule has 0 atom stereocenters. The van der Waals surface area contributed by atoms with Crippen molar-refractivity contribution in [3.05, 3.63) is 0 Å². The van der Waals surface area contributed by atoms with E-state index in [1.807, 2.05) is 0 Å². The molecule has 7 nitrogen and oxygen atoms in total. The van der Waals surface area contributed by atoms with Gasteiger partial charge >= 0.3 is 18.3 Å². The zero-order chi connectivity index (χ0) is 8.08. The average Bonchev–Trinajstić information content (AvgIpc) is 1.19. The van der Waals surface area contributed by atoms with E-state index in [2.05, 4.69) is 0 Å². The molecule has 0 aliphatic heterocycles. The zero-order valence-corrected chi connectivity index (χ0v) is 5.54. The van der Waals surface area contributed by atoms with Gasteiger partial charge in [-0.3, -0.25) is 14.0 Å². The Kier molecular flexibility index (Phi) is 5.88. The van der Waals surface area contributed by atoms with Gasteiger partial charge in [0.1, 0.15) is 0 Å². The number of hydrogen-bond acceptors (Lipinski definition) is 4. The molecule has 0 aliphatic carbocycles. The lowest BCUT2D eigenvalue weighted by molar-refractivity contribution is 0.380. The lowest BCUT2D eigenvalue weighted by atomic mass is 15.8. The Balaban J connectivity index is 0. The van der Waals surface area contributed by atoms with E-state index in [0.29, 0.717) is 0 Å². The summed E-state index contributed by atoms with van der Waals surface area (Å²) in [4.78, 5) is 7.01. The molecule has 0 radical (unpaired) electrons. The molecule has 9 heavy (non-hydrogen) atoms. The lowest BCUT2D eigenvalue weighted by Gasteiger charge is -1.68. The van der Waals surface area contributed by atoms with E-state index in [9.17, 15) is 0 Å². The topological polar surface area (TPSA) is 129 Å². The first-order valence-corrected chi connectivity index (χ1v) is 3.79. The second-order valence-electron chi connectivity index (χ2n) is 0.686. The van der Waals surface area contributed by atoms with E-state index in [1.165, 1.54) is 0 Å². The Morgan fingerprint density at radius 1 is 1.11 bits per heavy atom. The maximum Gasteiger partial charge on any atom is 0.465 e. The minimum absolute atomic E-state index is 3.12. The van der Waals surface area contributed by atoms with Crippen LogP contribution in [0.2, 0.25) is 0 Å². The van der Waals surface area contributed by atoms with Crippen molar-refractivity contribution >= 4 is 18.3 Å². The van der Waals surface area contributed by atoms with Crippen LogP contribution in [-0.4, -0.2) is 22.4 Å². The quantitative estimate of drug-likeness (QED) is 0.334. The van der Waals surface area contributed by atoms with Crippen molar-refractivity contribution in [2.24, 2.45) is 0 Å². The normalized spacial score (nSPS) is 9.22. The van der Waals surface area contributed by atoms with Gasteiger partial charge < -0.3 is 0 Å². The molecule has 3 N–H and O–H groups in total. The molecule has 0 fully saturated rings. The summed E-state index contributed by atoms with van der Waals surface area (Å²) in [5.74, 6) is 0. The second-order valence-corrected chi connectivity index (χ2v) is 2.06. The van der Waals surface area contributed by atoms with Gasteiger partial charge in [0.2, 0.25) is 0 Å². The van der Waals surface area contributed by atoms with Crippen molar-refractivity contribution in [1.82, 2.24) is 0 Å². The molecular weight excluding hydrogens is 175 g/mol. The van der Waals surface area contributed by atoms with Crippen molar-refractivity contribution in [3.63, 3.8) is 0 Å². The van der Waals surface area contributed by atoms with Gasteiger partial charge in [-0.2, -0.15) is 8.42 Å².